The van der Waals surface area contributed by atoms with Gasteiger partial charge in [-0.1, -0.05) is 0 Å². The Morgan fingerprint density at radius 3 is 2.92 bits per heavy atom. The summed E-state index contributed by atoms with van der Waals surface area (Å²) < 4.78 is 11.2. The summed E-state index contributed by atoms with van der Waals surface area (Å²) in [4.78, 5) is 36.6. The Balaban J connectivity index is 1.85. The molecule has 0 aromatic heterocycles. The number of ether oxygens (including phenoxy) is 2. The Morgan fingerprint density at radius 1 is 1.42 bits per heavy atom. The minimum atomic E-state index is -1.07. The second-order valence-electron chi connectivity index (χ2n) is 5.87. The fourth-order valence-electron chi connectivity index (χ4n) is 3.00. The van der Waals surface area contributed by atoms with E-state index in [1.807, 2.05) is 0 Å². The Hall–Kier alpha value is -2.77. The van der Waals surface area contributed by atoms with Crippen LogP contribution in [0.3, 0.4) is 0 Å². The fourth-order valence-corrected chi connectivity index (χ4v) is 3.00. The van der Waals surface area contributed by atoms with E-state index >= 15 is 0 Å². The predicted molar refractivity (Wildman–Crippen MR) is 81.9 cm³/mol. The molecule has 8 nitrogen and oxygen atoms in total. The number of hydrogen-bond acceptors (Lipinski definition) is 5. The monoisotopic (exact) mass is 334 g/mol. The number of aliphatic carboxylic acids is 1. The second-order valence-corrected chi connectivity index (χ2v) is 5.87. The van der Waals surface area contributed by atoms with Crippen molar-refractivity contribution in [3.8, 4) is 11.5 Å². The first-order valence-corrected chi connectivity index (χ1v) is 7.61. The van der Waals surface area contributed by atoms with Crippen molar-refractivity contribution >= 4 is 17.8 Å². The largest absolute Gasteiger partial charge is 0.497 e. The molecule has 2 aliphatic heterocycles. The molecule has 1 spiro atoms. The van der Waals surface area contributed by atoms with Gasteiger partial charge in [-0.25, -0.2) is 0 Å². The summed E-state index contributed by atoms with van der Waals surface area (Å²) in [5.41, 5.74) is -0.612. The molecule has 1 fully saturated rings. The Morgan fingerprint density at radius 2 is 2.21 bits per heavy atom. The average molecular weight is 334 g/mol. The third-order valence-electron chi connectivity index (χ3n) is 4.29. The number of nitrogens with zero attached hydrogens (tertiary/aromatic N) is 1. The molecular formula is C16H18N2O6. The minimum absolute atomic E-state index is 0.104. The van der Waals surface area contributed by atoms with Gasteiger partial charge in [0.15, 0.2) is 5.72 Å². The van der Waals surface area contributed by atoms with E-state index in [4.69, 9.17) is 14.6 Å². The first kappa shape index (κ1) is 16.1. The lowest BCUT2D eigenvalue weighted by molar-refractivity contribution is -0.144. The SMILES string of the molecule is COc1ccc2c(c1)O[C@@]1(CCC(=O)N(CC(=O)O)CC1)NC2=O. The van der Waals surface area contributed by atoms with Crippen LogP contribution in [0.1, 0.15) is 29.6 Å². The van der Waals surface area contributed by atoms with Crippen LogP contribution in [0.5, 0.6) is 11.5 Å². The summed E-state index contributed by atoms with van der Waals surface area (Å²) in [5, 5.41) is 11.7. The van der Waals surface area contributed by atoms with Crippen molar-refractivity contribution in [2.45, 2.75) is 25.0 Å². The van der Waals surface area contributed by atoms with Crippen LogP contribution in [0.15, 0.2) is 18.2 Å². The van der Waals surface area contributed by atoms with Gasteiger partial charge in [0.25, 0.3) is 5.91 Å². The maximum atomic E-state index is 12.4. The highest BCUT2D eigenvalue weighted by atomic mass is 16.5. The van der Waals surface area contributed by atoms with Gasteiger partial charge in [0.2, 0.25) is 5.91 Å². The zero-order valence-electron chi connectivity index (χ0n) is 13.2. The van der Waals surface area contributed by atoms with E-state index in [-0.39, 0.29) is 37.7 Å². The van der Waals surface area contributed by atoms with Crippen molar-refractivity contribution in [2.75, 3.05) is 20.2 Å². The Bertz CT molecular complexity index is 704. The number of amides is 2. The lowest BCUT2D eigenvalue weighted by atomic mass is 10.00. The number of nitrogens with one attached hydrogen (secondary N) is 1. The van der Waals surface area contributed by atoms with Crippen LogP contribution in [0.2, 0.25) is 0 Å². The van der Waals surface area contributed by atoms with Gasteiger partial charge in [-0.2, -0.15) is 0 Å². The molecule has 1 aromatic rings. The van der Waals surface area contributed by atoms with Crippen molar-refractivity contribution < 1.29 is 29.0 Å². The van der Waals surface area contributed by atoms with Gasteiger partial charge >= 0.3 is 5.97 Å². The van der Waals surface area contributed by atoms with Crippen molar-refractivity contribution in [1.29, 1.82) is 0 Å². The quantitative estimate of drug-likeness (QED) is 0.839. The summed E-state index contributed by atoms with van der Waals surface area (Å²) in [5.74, 6) is -0.641. The van der Waals surface area contributed by atoms with E-state index in [0.717, 1.165) is 0 Å². The molecule has 0 unspecified atom stereocenters. The summed E-state index contributed by atoms with van der Waals surface area (Å²) in [6.07, 6.45) is 0.700. The van der Waals surface area contributed by atoms with Gasteiger partial charge in [-0.15, -0.1) is 0 Å². The zero-order chi connectivity index (χ0) is 17.3. The van der Waals surface area contributed by atoms with Gasteiger partial charge in [-0.3, -0.25) is 14.4 Å². The molecule has 2 amide bonds. The van der Waals surface area contributed by atoms with Gasteiger partial charge < -0.3 is 24.8 Å². The molecule has 1 saturated heterocycles. The fraction of sp³-hybridized carbons (Fsp3) is 0.438. The smallest absolute Gasteiger partial charge is 0.323 e. The van der Waals surface area contributed by atoms with E-state index in [1.54, 1.807) is 18.2 Å². The number of carbonyl (C=O) groups excluding carboxylic acids is 2. The summed E-state index contributed by atoms with van der Waals surface area (Å²) >= 11 is 0. The molecular weight excluding hydrogens is 316 g/mol. The number of benzene rings is 1. The lowest BCUT2D eigenvalue weighted by Gasteiger charge is -2.38. The highest BCUT2D eigenvalue weighted by Crippen LogP contribution is 2.35. The molecule has 1 aromatic carbocycles. The number of carbonyl (C=O) groups is 3. The van der Waals surface area contributed by atoms with Crippen LogP contribution in [-0.4, -0.2) is 53.7 Å². The molecule has 1 atom stereocenters. The maximum Gasteiger partial charge on any atom is 0.323 e. The molecule has 3 rings (SSSR count). The number of carboxylic acids is 1. The highest BCUT2D eigenvalue weighted by Gasteiger charge is 2.42. The maximum absolute atomic E-state index is 12.4. The third kappa shape index (κ3) is 2.99. The molecule has 24 heavy (non-hydrogen) atoms. The Labute approximate surface area is 138 Å². The summed E-state index contributed by atoms with van der Waals surface area (Å²) in [6, 6.07) is 4.93. The van der Waals surface area contributed by atoms with E-state index in [1.165, 1.54) is 12.0 Å². The van der Waals surface area contributed by atoms with Crippen molar-refractivity contribution in [2.24, 2.45) is 0 Å². The van der Waals surface area contributed by atoms with Crippen LogP contribution < -0.4 is 14.8 Å². The second kappa shape index (κ2) is 6.03. The first-order chi connectivity index (χ1) is 11.4. The van der Waals surface area contributed by atoms with Crippen molar-refractivity contribution in [3.05, 3.63) is 23.8 Å². The van der Waals surface area contributed by atoms with Gasteiger partial charge in [0, 0.05) is 31.9 Å². The molecule has 0 bridgehead atoms. The van der Waals surface area contributed by atoms with Gasteiger partial charge in [-0.05, 0) is 12.1 Å². The molecule has 0 saturated carbocycles. The number of rotatable bonds is 3. The number of fused-ring (bicyclic) bond motifs is 1. The molecule has 8 heteroatoms. The molecule has 0 aliphatic carbocycles. The van der Waals surface area contributed by atoms with Crippen molar-refractivity contribution in [3.63, 3.8) is 0 Å². The van der Waals surface area contributed by atoms with E-state index in [0.29, 0.717) is 23.5 Å². The number of carboxylic acid groups (broad SMARTS) is 1. The third-order valence-corrected chi connectivity index (χ3v) is 4.29. The summed E-state index contributed by atoms with van der Waals surface area (Å²) in [7, 11) is 1.52. The topological polar surface area (TPSA) is 105 Å². The highest BCUT2D eigenvalue weighted by molar-refractivity contribution is 5.98. The Kier molecular flexibility index (Phi) is 4.04. The summed E-state index contributed by atoms with van der Waals surface area (Å²) in [6.45, 7) is -0.155. The van der Waals surface area contributed by atoms with Crippen molar-refractivity contribution in [1.82, 2.24) is 10.2 Å². The van der Waals surface area contributed by atoms with Crippen LogP contribution in [0.25, 0.3) is 0 Å². The molecule has 2 aliphatic rings. The molecule has 2 N–H and O–H groups in total. The van der Waals surface area contributed by atoms with E-state index in [2.05, 4.69) is 5.32 Å². The normalized spacial score (nSPS) is 23.1. The van der Waals surface area contributed by atoms with Crippen LogP contribution >= 0.6 is 0 Å². The standard InChI is InChI=1S/C16H18N2O6/c1-23-10-2-3-11-12(8-10)24-16(17-15(11)22)5-4-13(19)18(7-6-16)9-14(20)21/h2-3,8H,4-7,9H2,1H3,(H,17,22)(H,20,21)/t16-/m1/s1. The van der Waals surface area contributed by atoms with Crippen LogP contribution in [0.4, 0.5) is 0 Å². The van der Waals surface area contributed by atoms with E-state index < -0.39 is 11.7 Å². The van der Waals surface area contributed by atoms with Crippen LogP contribution in [-0.2, 0) is 9.59 Å². The zero-order valence-corrected chi connectivity index (χ0v) is 13.2. The first-order valence-electron chi connectivity index (χ1n) is 7.61. The van der Waals surface area contributed by atoms with E-state index in [9.17, 15) is 14.4 Å². The molecule has 0 radical (unpaired) electrons. The molecule has 128 valence electrons. The van der Waals surface area contributed by atoms with Crippen LogP contribution in [0, 0.1) is 0 Å². The number of methoxy groups -OCH3 is 1. The van der Waals surface area contributed by atoms with Gasteiger partial charge in [0.1, 0.15) is 18.0 Å². The average Bonchev–Trinajstić information content (AvgIpc) is 2.68. The molecule has 2 heterocycles. The lowest BCUT2D eigenvalue weighted by Crippen LogP contribution is -2.56. The predicted octanol–water partition coefficient (Wildman–Crippen LogP) is 0.611. The number of likely N-dealkylation sites (tertiary alicyclic amines) is 1. The van der Waals surface area contributed by atoms with Gasteiger partial charge in [0.05, 0.1) is 12.7 Å². The minimum Gasteiger partial charge on any atom is -0.497 e. The number of hydrogen-bond donors (Lipinski definition) is 2.